The lowest BCUT2D eigenvalue weighted by Gasteiger charge is -2.21. The molecule has 5 heteroatoms. The zero-order valence-corrected chi connectivity index (χ0v) is 10.1. The molecule has 0 spiro atoms. The Morgan fingerprint density at radius 3 is 2.89 bits per heavy atom. The van der Waals surface area contributed by atoms with Crippen LogP contribution in [0.1, 0.15) is 5.56 Å². The predicted octanol–water partition coefficient (Wildman–Crippen LogP) is 0.601. The van der Waals surface area contributed by atoms with E-state index in [2.05, 4.69) is 11.4 Å². The van der Waals surface area contributed by atoms with E-state index in [1.165, 1.54) is 10.5 Å². The summed E-state index contributed by atoms with van der Waals surface area (Å²) < 4.78 is 0. The number of nitrogens with zero attached hydrogens (tertiary/aromatic N) is 2. The van der Waals surface area contributed by atoms with E-state index in [1.54, 1.807) is 0 Å². The summed E-state index contributed by atoms with van der Waals surface area (Å²) in [6, 6.07) is 7.83. The molecule has 1 fully saturated rings. The van der Waals surface area contributed by atoms with Crippen molar-refractivity contribution in [1.82, 2.24) is 10.2 Å². The van der Waals surface area contributed by atoms with Crippen LogP contribution in [0.15, 0.2) is 24.3 Å². The molecule has 0 unspecified atom stereocenters. The summed E-state index contributed by atoms with van der Waals surface area (Å²) in [5.41, 5.74) is 2.39. The van der Waals surface area contributed by atoms with Crippen LogP contribution in [0.4, 0.5) is 10.5 Å². The largest absolute Gasteiger partial charge is 0.362 e. The van der Waals surface area contributed by atoms with Gasteiger partial charge in [0.15, 0.2) is 0 Å². The van der Waals surface area contributed by atoms with Gasteiger partial charge >= 0.3 is 6.03 Å². The highest BCUT2D eigenvalue weighted by Gasteiger charge is 2.29. The van der Waals surface area contributed by atoms with E-state index >= 15 is 0 Å². The molecule has 2 aliphatic rings. The summed E-state index contributed by atoms with van der Waals surface area (Å²) in [5.74, 6) is -0.123. The number of rotatable bonds is 2. The fourth-order valence-corrected chi connectivity index (χ4v) is 2.53. The van der Waals surface area contributed by atoms with Gasteiger partial charge < -0.3 is 10.2 Å². The second-order valence-corrected chi connectivity index (χ2v) is 4.58. The fraction of sp³-hybridized carbons (Fsp3) is 0.385. The Hall–Kier alpha value is -2.04. The number of carbonyl (C=O) groups is 2. The minimum atomic E-state index is -0.271. The maximum Gasteiger partial charge on any atom is 0.324 e. The molecule has 18 heavy (non-hydrogen) atoms. The maximum absolute atomic E-state index is 12.0. The van der Waals surface area contributed by atoms with Crippen LogP contribution in [-0.4, -0.2) is 43.0 Å². The van der Waals surface area contributed by atoms with Crippen molar-refractivity contribution in [2.24, 2.45) is 0 Å². The summed E-state index contributed by atoms with van der Waals surface area (Å²) in [7, 11) is 0. The van der Waals surface area contributed by atoms with Crippen LogP contribution in [-0.2, 0) is 11.2 Å². The van der Waals surface area contributed by atoms with E-state index in [4.69, 9.17) is 0 Å². The van der Waals surface area contributed by atoms with Crippen LogP contribution in [0.5, 0.6) is 0 Å². The van der Waals surface area contributed by atoms with Crippen LogP contribution in [0.2, 0.25) is 0 Å². The molecule has 0 saturated carbocycles. The molecule has 2 aliphatic heterocycles. The Morgan fingerprint density at radius 2 is 2.11 bits per heavy atom. The number of urea groups is 1. The summed E-state index contributed by atoms with van der Waals surface area (Å²) >= 11 is 0. The highest BCUT2D eigenvalue weighted by Crippen LogP contribution is 2.27. The summed E-state index contributed by atoms with van der Waals surface area (Å²) in [6.07, 6.45) is 0.968. The normalized spacial score (nSPS) is 17.9. The van der Waals surface area contributed by atoms with Crippen LogP contribution in [0, 0.1) is 0 Å². The number of imide groups is 1. The molecular formula is C13H15N3O2. The lowest BCUT2D eigenvalue weighted by molar-refractivity contribution is -0.126. The zero-order chi connectivity index (χ0) is 12.5. The third kappa shape index (κ3) is 1.81. The second kappa shape index (κ2) is 4.33. The number of nitrogens with one attached hydrogen (secondary N) is 1. The molecule has 1 N–H and O–H groups in total. The predicted molar refractivity (Wildman–Crippen MR) is 67.5 cm³/mol. The molecule has 3 rings (SSSR count). The number of hydrogen-bond acceptors (Lipinski definition) is 3. The fourth-order valence-electron chi connectivity index (χ4n) is 2.53. The number of benzene rings is 1. The number of fused-ring (bicyclic) bond motifs is 1. The smallest absolute Gasteiger partial charge is 0.324 e. The summed E-state index contributed by atoms with van der Waals surface area (Å²) in [5, 5.41) is 2.64. The Labute approximate surface area is 105 Å². The zero-order valence-electron chi connectivity index (χ0n) is 10.1. The molecule has 0 aromatic heterocycles. The number of para-hydroxylation sites is 1. The van der Waals surface area contributed by atoms with Gasteiger partial charge in [0.2, 0.25) is 5.91 Å². The van der Waals surface area contributed by atoms with E-state index in [0.717, 1.165) is 18.7 Å². The lowest BCUT2D eigenvalue weighted by Crippen LogP contribution is -2.41. The molecule has 0 radical (unpaired) electrons. The topological polar surface area (TPSA) is 52.7 Å². The average Bonchev–Trinajstić information content (AvgIpc) is 2.97. The van der Waals surface area contributed by atoms with Gasteiger partial charge in [0.05, 0.1) is 6.54 Å². The minimum Gasteiger partial charge on any atom is -0.362 e. The van der Waals surface area contributed by atoms with Gasteiger partial charge in [-0.1, -0.05) is 18.2 Å². The number of anilines is 1. The molecule has 1 aromatic rings. The first-order valence-corrected chi connectivity index (χ1v) is 6.17. The SMILES string of the molecule is O=C(CN1CCc2ccccc21)N1CCNC1=O. The Kier molecular flexibility index (Phi) is 2.66. The standard InChI is InChI=1S/C13H15N3O2/c17-12(16-8-6-14-13(16)18)9-15-7-5-10-3-1-2-4-11(10)15/h1-4H,5-9H2,(H,14,18). The van der Waals surface area contributed by atoms with E-state index in [9.17, 15) is 9.59 Å². The highest BCUT2D eigenvalue weighted by atomic mass is 16.2. The molecule has 5 nitrogen and oxygen atoms in total. The average molecular weight is 245 g/mol. The Bertz CT molecular complexity index is 501. The molecular weight excluding hydrogens is 230 g/mol. The van der Waals surface area contributed by atoms with Crippen molar-refractivity contribution >= 4 is 17.6 Å². The van der Waals surface area contributed by atoms with Crippen molar-refractivity contribution in [3.8, 4) is 0 Å². The number of carbonyl (C=O) groups excluding carboxylic acids is 2. The second-order valence-electron chi connectivity index (χ2n) is 4.58. The van der Waals surface area contributed by atoms with Crippen LogP contribution < -0.4 is 10.2 Å². The molecule has 1 aromatic carbocycles. The molecule has 94 valence electrons. The van der Waals surface area contributed by atoms with Gasteiger partial charge in [-0.2, -0.15) is 0 Å². The van der Waals surface area contributed by atoms with Gasteiger partial charge in [-0.05, 0) is 18.1 Å². The van der Waals surface area contributed by atoms with E-state index in [1.807, 2.05) is 23.1 Å². The molecule has 0 bridgehead atoms. The third-order valence-electron chi connectivity index (χ3n) is 3.47. The van der Waals surface area contributed by atoms with Gasteiger partial charge in [0.25, 0.3) is 0 Å². The summed E-state index contributed by atoms with van der Waals surface area (Å²) in [4.78, 5) is 26.8. The number of amides is 3. The monoisotopic (exact) mass is 245 g/mol. The first-order valence-electron chi connectivity index (χ1n) is 6.17. The van der Waals surface area contributed by atoms with E-state index < -0.39 is 0 Å². The van der Waals surface area contributed by atoms with Crippen LogP contribution >= 0.6 is 0 Å². The first-order chi connectivity index (χ1) is 8.75. The van der Waals surface area contributed by atoms with Gasteiger partial charge in [-0.3, -0.25) is 9.69 Å². The van der Waals surface area contributed by atoms with Crippen molar-refractivity contribution in [2.75, 3.05) is 31.1 Å². The van der Waals surface area contributed by atoms with Gasteiger partial charge in [-0.25, -0.2) is 4.79 Å². The third-order valence-corrected chi connectivity index (χ3v) is 3.47. The van der Waals surface area contributed by atoms with Gasteiger partial charge in [-0.15, -0.1) is 0 Å². The molecule has 1 saturated heterocycles. The first kappa shape index (κ1) is 11.1. The molecule has 2 heterocycles. The van der Waals surface area contributed by atoms with Crippen LogP contribution in [0.25, 0.3) is 0 Å². The highest BCUT2D eigenvalue weighted by molar-refractivity contribution is 5.98. The Morgan fingerprint density at radius 1 is 1.28 bits per heavy atom. The minimum absolute atomic E-state index is 0.123. The summed E-state index contributed by atoms with van der Waals surface area (Å²) in [6.45, 7) is 2.17. The van der Waals surface area contributed by atoms with Gasteiger partial charge in [0.1, 0.15) is 0 Å². The van der Waals surface area contributed by atoms with Crippen molar-refractivity contribution in [3.05, 3.63) is 29.8 Å². The molecule has 3 amide bonds. The van der Waals surface area contributed by atoms with Crippen molar-refractivity contribution < 1.29 is 9.59 Å². The molecule has 0 aliphatic carbocycles. The lowest BCUT2D eigenvalue weighted by atomic mass is 10.2. The maximum atomic E-state index is 12.0. The van der Waals surface area contributed by atoms with Gasteiger partial charge in [0, 0.05) is 25.3 Å². The Balaban J connectivity index is 1.71. The van der Waals surface area contributed by atoms with Crippen LogP contribution in [0.3, 0.4) is 0 Å². The number of hydrogen-bond donors (Lipinski definition) is 1. The van der Waals surface area contributed by atoms with Crippen molar-refractivity contribution in [2.45, 2.75) is 6.42 Å². The van der Waals surface area contributed by atoms with Crippen molar-refractivity contribution in [1.29, 1.82) is 0 Å². The molecule has 0 atom stereocenters. The van der Waals surface area contributed by atoms with Crippen molar-refractivity contribution in [3.63, 3.8) is 0 Å². The van der Waals surface area contributed by atoms with E-state index in [0.29, 0.717) is 13.1 Å². The quantitative estimate of drug-likeness (QED) is 0.830. The van der Waals surface area contributed by atoms with E-state index in [-0.39, 0.29) is 18.5 Å².